The molecule has 12 heavy (non-hydrogen) atoms. The number of nitrogens with zero attached hydrogens (tertiary/aromatic N) is 3. The second kappa shape index (κ2) is 5.96. The molecule has 0 aliphatic heterocycles. The van der Waals surface area contributed by atoms with Crippen molar-refractivity contribution in [3.8, 4) is 0 Å². The van der Waals surface area contributed by atoms with Gasteiger partial charge in [-0.05, 0) is 18.2 Å². The standard InChI is InChI=1S/C4H6O2.C3H3N3/c1-3(2)4(5)6;1-2-4-6-5-3-1/h1H2,2H3,(H,5,6);1-3H. The molecule has 1 N–H and O–H groups in total. The highest BCUT2D eigenvalue weighted by Gasteiger charge is 1.90. The molecule has 1 aromatic heterocycles. The fourth-order valence-electron chi connectivity index (χ4n) is 0.205. The van der Waals surface area contributed by atoms with Gasteiger partial charge in [0, 0.05) is 5.57 Å². The minimum Gasteiger partial charge on any atom is -0.478 e. The molecule has 1 rings (SSSR count). The van der Waals surface area contributed by atoms with Crippen LogP contribution in [0.2, 0.25) is 0 Å². The fraction of sp³-hybridized carbons (Fsp3) is 0.143. The maximum atomic E-state index is 9.60. The molecule has 1 aromatic rings. The number of aliphatic carboxylic acids is 1. The molecular formula is C7H9N3O2. The molecule has 0 bridgehead atoms. The number of carboxylic acid groups (broad SMARTS) is 1. The number of carbonyl (C=O) groups is 1. The van der Waals surface area contributed by atoms with Crippen molar-refractivity contribution >= 4 is 5.97 Å². The van der Waals surface area contributed by atoms with Crippen molar-refractivity contribution in [1.82, 2.24) is 15.4 Å². The summed E-state index contributed by atoms with van der Waals surface area (Å²) in [5.74, 6) is -0.935. The SMILES string of the molecule is C=C(C)C(=O)O.c1cnnnc1. The largest absolute Gasteiger partial charge is 0.478 e. The first-order valence-corrected chi connectivity index (χ1v) is 3.11. The molecule has 0 amide bonds. The molecule has 0 aliphatic rings. The quantitative estimate of drug-likeness (QED) is 0.617. The first-order chi connectivity index (χ1) is 5.64. The molecule has 0 atom stereocenters. The smallest absolute Gasteiger partial charge is 0.330 e. The van der Waals surface area contributed by atoms with Gasteiger partial charge in [0.25, 0.3) is 0 Å². The molecule has 5 nitrogen and oxygen atoms in total. The van der Waals surface area contributed by atoms with Crippen LogP contribution in [0.3, 0.4) is 0 Å². The van der Waals surface area contributed by atoms with E-state index >= 15 is 0 Å². The van der Waals surface area contributed by atoms with E-state index in [-0.39, 0.29) is 5.57 Å². The van der Waals surface area contributed by atoms with Crippen LogP contribution in [0.4, 0.5) is 0 Å². The van der Waals surface area contributed by atoms with Gasteiger partial charge in [-0.3, -0.25) is 0 Å². The molecule has 1 heterocycles. The van der Waals surface area contributed by atoms with Gasteiger partial charge in [0.05, 0.1) is 12.4 Å². The monoisotopic (exact) mass is 167 g/mol. The lowest BCUT2D eigenvalue weighted by Crippen LogP contribution is -1.92. The van der Waals surface area contributed by atoms with Gasteiger partial charge in [-0.25, -0.2) is 4.79 Å². The van der Waals surface area contributed by atoms with E-state index in [1.165, 1.54) is 6.92 Å². The van der Waals surface area contributed by atoms with E-state index in [9.17, 15) is 4.79 Å². The van der Waals surface area contributed by atoms with E-state index in [4.69, 9.17) is 5.11 Å². The first-order valence-electron chi connectivity index (χ1n) is 3.11. The summed E-state index contributed by atoms with van der Waals surface area (Å²) >= 11 is 0. The number of hydrogen-bond acceptors (Lipinski definition) is 4. The van der Waals surface area contributed by atoms with Crippen molar-refractivity contribution < 1.29 is 9.90 Å². The number of rotatable bonds is 1. The Morgan fingerprint density at radius 1 is 1.42 bits per heavy atom. The van der Waals surface area contributed by atoms with E-state index < -0.39 is 5.97 Å². The summed E-state index contributed by atoms with van der Waals surface area (Å²) in [6, 6.07) is 1.72. The third kappa shape index (κ3) is 6.34. The van der Waals surface area contributed by atoms with Crippen LogP contribution in [-0.4, -0.2) is 26.5 Å². The van der Waals surface area contributed by atoms with Crippen LogP contribution in [0.5, 0.6) is 0 Å². The summed E-state index contributed by atoms with van der Waals surface area (Å²) in [6.07, 6.45) is 3.15. The zero-order valence-corrected chi connectivity index (χ0v) is 6.64. The predicted octanol–water partition coefficient (Wildman–Crippen LogP) is 0.519. The third-order valence-electron chi connectivity index (χ3n) is 0.774. The Morgan fingerprint density at radius 2 is 1.83 bits per heavy atom. The van der Waals surface area contributed by atoms with Crippen molar-refractivity contribution in [3.05, 3.63) is 30.6 Å². The lowest BCUT2D eigenvalue weighted by Gasteiger charge is -1.79. The molecule has 0 unspecified atom stereocenters. The second-order valence-corrected chi connectivity index (χ2v) is 1.90. The maximum Gasteiger partial charge on any atom is 0.330 e. The lowest BCUT2D eigenvalue weighted by atomic mass is 10.4. The van der Waals surface area contributed by atoms with Crippen LogP contribution in [0.15, 0.2) is 30.6 Å². The van der Waals surface area contributed by atoms with Gasteiger partial charge < -0.3 is 5.11 Å². The molecule has 0 fully saturated rings. The predicted molar refractivity (Wildman–Crippen MR) is 42.3 cm³/mol. The van der Waals surface area contributed by atoms with E-state index in [1.54, 1.807) is 18.5 Å². The van der Waals surface area contributed by atoms with Crippen molar-refractivity contribution in [2.75, 3.05) is 0 Å². The topological polar surface area (TPSA) is 76.0 Å². The average molecular weight is 167 g/mol. The van der Waals surface area contributed by atoms with Gasteiger partial charge in [0.15, 0.2) is 0 Å². The Kier molecular flexibility index (Phi) is 5.08. The van der Waals surface area contributed by atoms with Crippen LogP contribution in [-0.2, 0) is 4.79 Å². The van der Waals surface area contributed by atoms with Gasteiger partial charge >= 0.3 is 5.97 Å². The van der Waals surface area contributed by atoms with E-state index in [2.05, 4.69) is 22.0 Å². The molecule has 0 saturated heterocycles. The van der Waals surface area contributed by atoms with Crippen LogP contribution < -0.4 is 0 Å². The van der Waals surface area contributed by atoms with Gasteiger partial charge in [-0.2, -0.15) is 0 Å². The molecule has 0 spiro atoms. The minimum atomic E-state index is -0.935. The number of aromatic nitrogens is 3. The van der Waals surface area contributed by atoms with E-state index in [1.807, 2.05) is 0 Å². The maximum absolute atomic E-state index is 9.60. The van der Waals surface area contributed by atoms with Crippen molar-refractivity contribution in [1.29, 1.82) is 0 Å². The summed E-state index contributed by atoms with van der Waals surface area (Å²) in [5, 5.41) is 18.0. The molecule has 0 aliphatic carbocycles. The van der Waals surface area contributed by atoms with E-state index in [0.717, 1.165) is 0 Å². The highest BCUT2D eigenvalue weighted by atomic mass is 16.4. The fourth-order valence-corrected chi connectivity index (χ4v) is 0.205. The van der Waals surface area contributed by atoms with Crippen LogP contribution >= 0.6 is 0 Å². The molecule has 5 heteroatoms. The number of carboxylic acids is 1. The first kappa shape index (κ1) is 10.2. The van der Waals surface area contributed by atoms with Crippen LogP contribution in [0, 0.1) is 0 Å². The molecule has 0 saturated carbocycles. The third-order valence-corrected chi connectivity index (χ3v) is 0.774. The van der Waals surface area contributed by atoms with Gasteiger partial charge in [0.2, 0.25) is 0 Å². The highest BCUT2D eigenvalue weighted by Crippen LogP contribution is 1.81. The second-order valence-electron chi connectivity index (χ2n) is 1.90. The Labute approximate surface area is 69.8 Å². The minimum absolute atomic E-state index is 0.176. The Morgan fingerprint density at radius 3 is 1.92 bits per heavy atom. The normalized spacial score (nSPS) is 7.75. The number of hydrogen-bond donors (Lipinski definition) is 1. The van der Waals surface area contributed by atoms with Gasteiger partial charge in [-0.15, -0.1) is 10.2 Å². The Balaban J connectivity index is 0.000000202. The lowest BCUT2D eigenvalue weighted by molar-refractivity contribution is -0.132. The Hall–Kier alpha value is -1.78. The average Bonchev–Trinajstić information content (AvgIpc) is 2.08. The van der Waals surface area contributed by atoms with Crippen molar-refractivity contribution in [2.24, 2.45) is 0 Å². The van der Waals surface area contributed by atoms with Crippen LogP contribution in [0.1, 0.15) is 6.92 Å². The summed E-state index contributed by atoms with van der Waals surface area (Å²) in [4.78, 5) is 9.60. The molecular weight excluding hydrogens is 158 g/mol. The molecule has 0 radical (unpaired) electrons. The van der Waals surface area contributed by atoms with E-state index in [0.29, 0.717) is 0 Å². The summed E-state index contributed by atoms with van der Waals surface area (Å²) in [7, 11) is 0. The highest BCUT2D eigenvalue weighted by molar-refractivity contribution is 5.84. The molecule has 0 aromatic carbocycles. The van der Waals surface area contributed by atoms with Crippen LogP contribution in [0.25, 0.3) is 0 Å². The van der Waals surface area contributed by atoms with Crippen molar-refractivity contribution in [3.63, 3.8) is 0 Å². The Bertz CT molecular complexity index is 209. The molecule has 64 valence electrons. The summed E-state index contributed by atoms with van der Waals surface area (Å²) < 4.78 is 0. The van der Waals surface area contributed by atoms with Gasteiger partial charge in [-0.1, -0.05) is 6.58 Å². The van der Waals surface area contributed by atoms with Crippen molar-refractivity contribution in [2.45, 2.75) is 6.92 Å². The van der Waals surface area contributed by atoms with Gasteiger partial charge in [0.1, 0.15) is 0 Å². The summed E-state index contributed by atoms with van der Waals surface area (Å²) in [6.45, 7) is 4.60. The zero-order chi connectivity index (χ0) is 9.40. The summed E-state index contributed by atoms with van der Waals surface area (Å²) in [5.41, 5.74) is 0.176. The zero-order valence-electron chi connectivity index (χ0n) is 6.64.